The maximum absolute atomic E-state index is 12.5. The first-order valence-corrected chi connectivity index (χ1v) is 9.43. The second-order valence-electron chi connectivity index (χ2n) is 6.92. The fourth-order valence-corrected chi connectivity index (χ4v) is 3.74. The number of piperidine rings is 1. The van der Waals surface area contributed by atoms with Crippen LogP contribution in [0.5, 0.6) is 0 Å². The van der Waals surface area contributed by atoms with Gasteiger partial charge in [-0.3, -0.25) is 9.78 Å². The van der Waals surface area contributed by atoms with E-state index < -0.39 is 0 Å². The number of hydrogen-bond donors (Lipinski definition) is 1. The van der Waals surface area contributed by atoms with Gasteiger partial charge >= 0.3 is 0 Å². The molecule has 0 spiro atoms. The van der Waals surface area contributed by atoms with Gasteiger partial charge in [-0.05, 0) is 31.9 Å². The van der Waals surface area contributed by atoms with Gasteiger partial charge in [-0.15, -0.1) is 0 Å². The van der Waals surface area contributed by atoms with Gasteiger partial charge in [0, 0.05) is 44.5 Å². The smallest absolute Gasteiger partial charge is 0.223 e. The van der Waals surface area contributed by atoms with Gasteiger partial charge in [0.05, 0.1) is 17.2 Å². The molecule has 0 bridgehead atoms. The predicted octanol–water partition coefficient (Wildman–Crippen LogP) is 2.17. The summed E-state index contributed by atoms with van der Waals surface area (Å²) in [5.74, 6) is 2.08. The number of carbonyl (C=O) groups excluding carboxylic acids is 1. The quantitative estimate of drug-likeness (QED) is 0.751. The van der Waals surface area contributed by atoms with E-state index in [1.807, 2.05) is 25.1 Å². The Morgan fingerprint density at radius 3 is 2.81 bits per heavy atom. The summed E-state index contributed by atoms with van der Waals surface area (Å²) in [6, 6.07) is 8.10. The summed E-state index contributed by atoms with van der Waals surface area (Å²) in [5.41, 5.74) is 2.11. The number of amides is 1. The minimum atomic E-state index is 0.0681. The van der Waals surface area contributed by atoms with Crippen LogP contribution in [0.3, 0.4) is 0 Å². The second-order valence-corrected chi connectivity index (χ2v) is 6.92. The Bertz CT molecular complexity index is 915. The highest BCUT2D eigenvalue weighted by molar-refractivity contribution is 5.79. The summed E-state index contributed by atoms with van der Waals surface area (Å²) in [6.45, 7) is 5.02. The fourth-order valence-electron chi connectivity index (χ4n) is 3.74. The molecule has 1 aliphatic rings. The Balaban J connectivity index is 1.28. The molecule has 1 fully saturated rings. The minimum Gasteiger partial charge on any atom is -0.355 e. The van der Waals surface area contributed by atoms with Crippen molar-refractivity contribution >= 4 is 22.8 Å². The summed E-state index contributed by atoms with van der Waals surface area (Å²) in [7, 11) is 0. The second kappa shape index (κ2) is 7.73. The Morgan fingerprint density at radius 2 is 2.04 bits per heavy atom. The van der Waals surface area contributed by atoms with Crippen LogP contribution in [0.15, 0.2) is 42.9 Å². The van der Waals surface area contributed by atoms with Gasteiger partial charge < -0.3 is 14.8 Å². The molecule has 0 saturated carbocycles. The first kappa shape index (κ1) is 17.5. The molecule has 0 unspecified atom stereocenters. The SMILES string of the molecule is Cc1nc2ccccc2n1CCNC(=O)C1CCN(c2cnccn2)CC1. The van der Waals surface area contributed by atoms with Crippen molar-refractivity contribution in [2.45, 2.75) is 26.3 Å². The molecule has 7 heteroatoms. The first-order chi connectivity index (χ1) is 13.2. The number of hydrogen-bond acceptors (Lipinski definition) is 5. The number of nitrogens with zero attached hydrogens (tertiary/aromatic N) is 5. The standard InChI is InChI=1S/C20H24N6O/c1-15-24-17-4-2-3-5-18(17)26(15)13-10-23-20(27)16-6-11-25(12-7-16)19-14-21-8-9-22-19/h2-5,8-9,14,16H,6-7,10-13H2,1H3,(H,23,27). The van der Waals surface area contributed by atoms with Crippen LogP contribution >= 0.6 is 0 Å². The lowest BCUT2D eigenvalue weighted by atomic mass is 9.96. The van der Waals surface area contributed by atoms with Gasteiger partial charge in [0.25, 0.3) is 0 Å². The normalized spacial score (nSPS) is 15.2. The molecule has 3 aromatic rings. The highest BCUT2D eigenvalue weighted by Crippen LogP contribution is 2.21. The lowest BCUT2D eigenvalue weighted by Crippen LogP contribution is -2.41. The highest BCUT2D eigenvalue weighted by atomic mass is 16.1. The third-order valence-corrected chi connectivity index (χ3v) is 5.22. The molecule has 7 nitrogen and oxygen atoms in total. The lowest BCUT2D eigenvalue weighted by Gasteiger charge is -2.31. The average Bonchev–Trinajstić information content (AvgIpc) is 3.04. The molecular formula is C20H24N6O. The van der Waals surface area contributed by atoms with Gasteiger partial charge in [0.1, 0.15) is 11.6 Å². The average molecular weight is 364 g/mol. The molecule has 2 aromatic heterocycles. The number of carbonyl (C=O) groups is 1. The van der Waals surface area contributed by atoms with Crippen LogP contribution < -0.4 is 10.2 Å². The zero-order chi connectivity index (χ0) is 18.6. The van der Waals surface area contributed by atoms with Crippen molar-refractivity contribution < 1.29 is 4.79 Å². The van der Waals surface area contributed by atoms with Crippen molar-refractivity contribution in [1.29, 1.82) is 0 Å². The number of benzene rings is 1. The van der Waals surface area contributed by atoms with E-state index in [2.05, 4.69) is 35.8 Å². The van der Waals surface area contributed by atoms with Crippen molar-refractivity contribution in [2.24, 2.45) is 5.92 Å². The zero-order valence-corrected chi connectivity index (χ0v) is 15.5. The van der Waals surface area contributed by atoms with Gasteiger partial charge in [-0.25, -0.2) is 9.97 Å². The molecule has 1 N–H and O–H groups in total. The van der Waals surface area contributed by atoms with Crippen molar-refractivity contribution in [3.05, 3.63) is 48.7 Å². The number of aromatic nitrogens is 4. The molecule has 1 aromatic carbocycles. The molecule has 140 valence electrons. The molecule has 0 radical (unpaired) electrons. The molecular weight excluding hydrogens is 340 g/mol. The molecule has 4 rings (SSSR count). The molecule has 0 aliphatic carbocycles. The van der Waals surface area contributed by atoms with Crippen molar-refractivity contribution in [2.75, 3.05) is 24.5 Å². The van der Waals surface area contributed by atoms with E-state index in [0.29, 0.717) is 6.54 Å². The van der Waals surface area contributed by atoms with E-state index >= 15 is 0 Å². The number of imidazole rings is 1. The van der Waals surface area contributed by atoms with Crippen LogP contribution in [-0.2, 0) is 11.3 Å². The Morgan fingerprint density at radius 1 is 1.22 bits per heavy atom. The monoisotopic (exact) mass is 364 g/mol. The van der Waals surface area contributed by atoms with Crippen LogP contribution in [0.25, 0.3) is 11.0 Å². The molecule has 27 heavy (non-hydrogen) atoms. The highest BCUT2D eigenvalue weighted by Gasteiger charge is 2.25. The Labute approximate surface area is 158 Å². The largest absolute Gasteiger partial charge is 0.355 e. The maximum Gasteiger partial charge on any atom is 0.223 e. The number of aryl methyl sites for hydroxylation is 1. The summed E-state index contributed by atoms with van der Waals surface area (Å²) >= 11 is 0. The van der Waals surface area contributed by atoms with Crippen molar-refractivity contribution in [3.63, 3.8) is 0 Å². The van der Waals surface area contributed by atoms with E-state index in [1.165, 1.54) is 0 Å². The van der Waals surface area contributed by atoms with E-state index in [4.69, 9.17) is 0 Å². The van der Waals surface area contributed by atoms with E-state index in [1.54, 1.807) is 18.6 Å². The van der Waals surface area contributed by atoms with E-state index in [-0.39, 0.29) is 11.8 Å². The van der Waals surface area contributed by atoms with Gasteiger partial charge in [0.15, 0.2) is 0 Å². The Hall–Kier alpha value is -2.96. The molecule has 3 heterocycles. The van der Waals surface area contributed by atoms with Crippen LogP contribution in [-0.4, -0.2) is 45.1 Å². The minimum absolute atomic E-state index is 0.0681. The third kappa shape index (κ3) is 3.77. The van der Waals surface area contributed by atoms with Crippen molar-refractivity contribution in [3.8, 4) is 0 Å². The van der Waals surface area contributed by atoms with E-state index in [0.717, 1.165) is 55.2 Å². The van der Waals surface area contributed by atoms with Crippen molar-refractivity contribution in [1.82, 2.24) is 24.8 Å². The molecule has 1 aliphatic heterocycles. The van der Waals surface area contributed by atoms with Crippen LogP contribution in [0, 0.1) is 12.8 Å². The van der Waals surface area contributed by atoms with Crippen LogP contribution in [0.1, 0.15) is 18.7 Å². The number of anilines is 1. The number of fused-ring (bicyclic) bond motifs is 1. The Kier molecular flexibility index (Phi) is 5.00. The number of nitrogens with one attached hydrogen (secondary N) is 1. The summed E-state index contributed by atoms with van der Waals surface area (Å²) in [6.07, 6.45) is 6.84. The van der Waals surface area contributed by atoms with Crippen LogP contribution in [0.2, 0.25) is 0 Å². The van der Waals surface area contributed by atoms with Crippen LogP contribution in [0.4, 0.5) is 5.82 Å². The van der Waals surface area contributed by atoms with Gasteiger partial charge in [0.2, 0.25) is 5.91 Å². The maximum atomic E-state index is 12.5. The van der Waals surface area contributed by atoms with Gasteiger partial charge in [-0.1, -0.05) is 12.1 Å². The first-order valence-electron chi connectivity index (χ1n) is 9.43. The summed E-state index contributed by atoms with van der Waals surface area (Å²) in [5, 5.41) is 3.10. The molecule has 0 atom stereocenters. The zero-order valence-electron chi connectivity index (χ0n) is 15.5. The predicted molar refractivity (Wildman–Crippen MR) is 104 cm³/mol. The topological polar surface area (TPSA) is 75.9 Å². The number of para-hydroxylation sites is 2. The van der Waals surface area contributed by atoms with E-state index in [9.17, 15) is 4.79 Å². The fraction of sp³-hybridized carbons (Fsp3) is 0.400. The molecule has 1 saturated heterocycles. The summed E-state index contributed by atoms with van der Waals surface area (Å²) in [4.78, 5) is 27.8. The molecule has 1 amide bonds. The number of rotatable bonds is 5. The lowest BCUT2D eigenvalue weighted by molar-refractivity contribution is -0.125. The summed E-state index contributed by atoms with van der Waals surface area (Å²) < 4.78 is 2.16. The van der Waals surface area contributed by atoms with Gasteiger partial charge in [-0.2, -0.15) is 0 Å². The third-order valence-electron chi connectivity index (χ3n) is 5.22.